The predicted molar refractivity (Wildman–Crippen MR) is 94.0 cm³/mol. The summed E-state index contributed by atoms with van der Waals surface area (Å²) in [5, 5.41) is 0.570. The van der Waals surface area contributed by atoms with Gasteiger partial charge in [0.2, 0.25) is 0 Å². The van der Waals surface area contributed by atoms with Gasteiger partial charge in [-0.2, -0.15) is 0 Å². The molecule has 0 aliphatic rings. The number of halogens is 1. The molecule has 0 saturated carbocycles. The van der Waals surface area contributed by atoms with E-state index >= 15 is 0 Å². The minimum absolute atomic E-state index is 0.570. The van der Waals surface area contributed by atoms with Gasteiger partial charge in [0, 0.05) is 11.8 Å². The Morgan fingerprint density at radius 2 is 1.45 bits per heavy atom. The van der Waals surface area contributed by atoms with Crippen molar-refractivity contribution >= 4 is 11.6 Å². The summed E-state index contributed by atoms with van der Waals surface area (Å²) in [7, 11) is 0. The van der Waals surface area contributed by atoms with Crippen LogP contribution in [0.1, 0.15) is 19.7 Å². The van der Waals surface area contributed by atoms with Gasteiger partial charge in [-0.3, -0.25) is 0 Å². The summed E-state index contributed by atoms with van der Waals surface area (Å²) in [6, 6.07) is 18.5. The second kappa shape index (κ2) is 7.71. The summed E-state index contributed by atoms with van der Waals surface area (Å²) in [5.41, 5.74) is 4.10. The lowest BCUT2D eigenvalue weighted by atomic mass is 10.0. The van der Waals surface area contributed by atoms with Crippen molar-refractivity contribution in [3.05, 3.63) is 71.6 Å². The fourth-order valence-electron chi connectivity index (χ4n) is 2.13. The quantitative estimate of drug-likeness (QED) is 0.598. The zero-order chi connectivity index (χ0) is 15.9. The average Bonchev–Trinajstić information content (AvgIpc) is 2.60. The fourth-order valence-corrected chi connectivity index (χ4v) is 2.33. The summed E-state index contributed by atoms with van der Waals surface area (Å²) in [6.07, 6.45) is 1.65. The highest BCUT2D eigenvalue weighted by atomic mass is 35.5. The van der Waals surface area contributed by atoms with Crippen LogP contribution < -0.4 is 0 Å². The van der Waals surface area contributed by atoms with E-state index in [1.165, 1.54) is 5.56 Å². The molecule has 0 unspecified atom stereocenters. The summed E-state index contributed by atoms with van der Waals surface area (Å²) < 4.78 is 0. The van der Waals surface area contributed by atoms with Crippen LogP contribution in [0.15, 0.2) is 60.8 Å². The van der Waals surface area contributed by atoms with Gasteiger partial charge in [-0.15, -0.1) is 0 Å². The van der Waals surface area contributed by atoms with E-state index in [0.717, 1.165) is 22.6 Å². The maximum Gasteiger partial charge on any atom is 0.125 e. The molecule has 112 valence electrons. The van der Waals surface area contributed by atoms with E-state index in [0.29, 0.717) is 5.02 Å². The van der Waals surface area contributed by atoms with Crippen molar-refractivity contribution < 1.29 is 0 Å². The second-order valence-corrected chi connectivity index (χ2v) is 4.97. The number of aryl methyl sites for hydroxylation is 1. The molecule has 1 heterocycles. The number of benzene rings is 2. The Kier molecular flexibility index (Phi) is 5.68. The standard InChI is InChI=1S/C17H13ClN2.C2H6/c1-12-19-11-16(18)17(20-12)15-9-5-8-14(10-15)13-6-3-2-4-7-13;1-2/h2-11H,1H3;1-2H3. The van der Waals surface area contributed by atoms with Crippen LogP contribution in [0.25, 0.3) is 22.4 Å². The lowest BCUT2D eigenvalue weighted by molar-refractivity contribution is 1.06. The van der Waals surface area contributed by atoms with Crippen molar-refractivity contribution in [1.29, 1.82) is 0 Å². The third-order valence-electron chi connectivity index (χ3n) is 3.11. The third-order valence-corrected chi connectivity index (χ3v) is 3.38. The molecule has 3 aromatic rings. The number of hydrogen-bond donors (Lipinski definition) is 0. The first kappa shape index (κ1) is 16.2. The monoisotopic (exact) mass is 310 g/mol. The number of nitrogens with zero attached hydrogens (tertiary/aromatic N) is 2. The maximum absolute atomic E-state index is 6.20. The van der Waals surface area contributed by atoms with E-state index in [1.807, 2.05) is 51.1 Å². The Morgan fingerprint density at radius 1 is 0.818 bits per heavy atom. The van der Waals surface area contributed by atoms with Gasteiger partial charge in [0.1, 0.15) is 5.82 Å². The molecule has 0 bridgehead atoms. The molecule has 0 fully saturated rings. The van der Waals surface area contributed by atoms with E-state index in [2.05, 4.69) is 34.2 Å². The van der Waals surface area contributed by atoms with Crippen LogP contribution in [0.4, 0.5) is 0 Å². The minimum Gasteiger partial charge on any atom is -0.240 e. The van der Waals surface area contributed by atoms with Crippen molar-refractivity contribution in [2.45, 2.75) is 20.8 Å². The molecule has 0 saturated heterocycles. The normalized spacial score (nSPS) is 9.82. The number of hydrogen-bond acceptors (Lipinski definition) is 2. The van der Waals surface area contributed by atoms with E-state index in [9.17, 15) is 0 Å². The molecule has 0 N–H and O–H groups in total. The van der Waals surface area contributed by atoms with E-state index in [4.69, 9.17) is 11.6 Å². The van der Waals surface area contributed by atoms with Gasteiger partial charge in [0.15, 0.2) is 0 Å². The topological polar surface area (TPSA) is 25.8 Å². The zero-order valence-corrected chi connectivity index (χ0v) is 13.8. The first-order valence-corrected chi connectivity index (χ1v) is 7.77. The lowest BCUT2D eigenvalue weighted by Crippen LogP contribution is -1.92. The van der Waals surface area contributed by atoms with Crippen molar-refractivity contribution in [3.63, 3.8) is 0 Å². The van der Waals surface area contributed by atoms with Gasteiger partial charge in [-0.1, -0.05) is 74.0 Å². The summed E-state index contributed by atoms with van der Waals surface area (Å²) in [6.45, 7) is 5.86. The van der Waals surface area contributed by atoms with Gasteiger partial charge in [0.05, 0.1) is 10.7 Å². The van der Waals surface area contributed by atoms with E-state index in [1.54, 1.807) is 6.20 Å². The molecule has 3 heteroatoms. The van der Waals surface area contributed by atoms with E-state index < -0.39 is 0 Å². The maximum atomic E-state index is 6.20. The Labute approximate surface area is 136 Å². The van der Waals surface area contributed by atoms with Gasteiger partial charge < -0.3 is 0 Å². The SMILES string of the molecule is CC.Cc1ncc(Cl)c(-c2cccc(-c3ccccc3)c2)n1. The largest absolute Gasteiger partial charge is 0.240 e. The van der Waals surface area contributed by atoms with Crippen molar-refractivity contribution in [1.82, 2.24) is 9.97 Å². The van der Waals surface area contributed by atoms with Crippen LogP contribution in [0, 0.1) is 6.92 Å². The summed E-state index contributed by atoms with van der Waals surface area (Å²) >= 11 is 6.20. The van der Waals surface area contributed by atoms with Crippen LogP contribution >= 0.6 is 11.6 Å². The zero-order valence-electron chi connectivity index (χ0n) is 13.0. The van der Waals surface area contributed by atoms with Gasteiger partial charge in [0.25, 0.3) is 0 Å². The molecule has 2 aromatic carbocycles. The smallest absolute Gasteiger partial charge is 0.125 e. The third kappa shape index (κ3) is 3.71. The Morgan fingerprint density at radius 3 is 2.18 bits per heavy atom. The highest BCUT2D eigenvalue weighted by Gasteiger charge is 2.07. The van der Waals surface area contributed by atoms with Crippen LogP contribution in [-0.2, 0) is 0 Å². The molecule has 0 aliphatic carbocycles. The molecule has 0 amide bonds. The predicted octanol–water partition coefficient (Wildman–Crippen LogP) is 5.80. The van der Waals surface area contributed by atoms with Crippen LogP contribution in [0.2, 0.25) is 5.02 Å². The lowest BCUT2D eigenvalue weighted by Gasteiger charge is -2.07. The van der Waals surface area contributed by atoms with Crippen LogP contribution in [-0.4, -0.2) is 9.97 Å². The number of aromatic nitrogens is 2. The molecule has 3 rings (SSSR count). The first-order valence-electron chi connectivity index (χ1n) is 7.39. The Hall–Kier alpha value is -2.19. The molecule has 22 heavy (non-hydrogen) atoms. The molecule has 0 radical (unpaired) electrons. The Balaban J connectivity index is 0.000000847. The van der Waals surface area contributed by atoms with Crippen LogP contribution in [0.3, 0.4) is 0 Å². The molecule has 0 spiro atoms. The van der Waals surface area contributed by atoms with Gasteiger partial charge in [-0.25, -0.2) is 9.97 Å². The second-order valence-electron chi connectivity index (χ2n) is 4.56. The summed E-state index contributed by atoms with van der Waals surface area (Å²) in [5.74, 6) is 0.717. The van der Waals surface area contributed by atoms with Crippen molar-refractivity contribution in [2.24, 2.45) is 0 Å². The Bertz CT molecular complexity index is 739. The van der Waals surface area contributed by atoms with E-state index in [-0.39, 0.29) is 0 Å². The average molecular weight is 311 g/mol. The molecule has 0 aliphatic heterocycles. The van der Waals surface area contributed by atoms with Crippen molar-refractivity contribution in [3.8, 4) is 22.4 Å². The minimum atomic E-state index is 0.570. The summed E-state index contributed by atoms with van der Waals surface area (Å²) in [4.78, 5) is 8.54. The first-order chi connectivity index (χ1) is 10.7. The van der Waals surface area contributed by atoms with Gasteiger partial charge >= 0.3 is 0 Å². The molecular weight excluding hydrogens is 292 g/mol. The van der Waals surface area contributed by atoms with Crippen molar-refractivity contribution in [2.75, 3.05) is 0 Å². The fraction of sp³-hybridized carbons (Fsp3) is 0.158. The number of rotatable bonds is 2. The highest BCUT2D eigenvalue weighted by Crippen LogP contribution is 2.29. The highest BCUT2D eigenvalue weighted by molar-refractivity contribution is 6.32. The molecule has 2 nitrogen and oxygen atoms in total. The molecular formula is C19H19ClN2. The van der Waals surface area contributed by atoms with Crippen LogP contribution in [0.5, 0.6) is 0 Å². The van der Waals surface area contributed by atoms with Gasteiger partial charge in [-0.05, 0) is 24.1 Å². The molecule has 1 aromatic heterocycles. The molecule has 0 atom stereocenters.